The molecule has 1 aliphatic heterocycles. The minimum absolute atomic E-state index is 0.205. The summed E-state index contributed by atoms with van der Waals surface area (Å²) in [4.78, 5) is 12.1. The summed E-state index contributed by atoms with van der Waals surface area (Å²) < 4.78 is 5.72. The molecule has 4 heteroatoms. The van der Waals surface area contributed by atoms with Crippen LogP contribution in [0.2, 0.25) is 5.02 Å². The third kappa shape index (κ3) is 2.38. The van der Waals surface area contributed by atoms with Gasteiger partial charge in [-0.05, 0) is 26.8 Å². The van der Waals surface area contributed by atoms with Crippen molar-refractivity contribution < 1.29 is 9.53 Å². The maximum absolute atomic E-state index is 12.1. The van der Waals surface area contributed by atoms with E-state index in [2.05, 4.69) is 5.32 Å². The molecular weight excluding hydrogens is 250 g/mol. The number of ether oxygens (including phenoxy) is 1. The molecule has 1 aromatic rings. The Morgan fingerprint density at radius 1 is 1.33 bits per heavy atom. The highest BCUT2D eigenvalue weighted by molar-refractivity contribution is 6.31. The van der Waals surface area contributed by atoms with E-state index in [0.29, 0.717) is 18.1 Å². The van der Waals surface area contributed by atoms with Gasteiger partial charge in [0, 0.05) is 23.7 Å². The van der Waals surface area contributed by atoms with Crippen LogP contribution in [0.5, 0.6) is 0 Å². The number of esters is 1. The number of carbonyl (C=O) groups is 1. The summed E-state index contributed by atoms with van der Waals surface area (Å²) >= 11 is 6.20. The number of hydrogen-bond donors (Lipinski definition) is 1. The lowest BCUT2D eigenvalue weighted by Gasteiger charge is -2.43. The van der Waals surface area contributed by atoms with Crippen LogP contribution in [0.4, 0.5) is 0 Å². The molecule has 0 aromatic heterocycles. The highest BCUT2D eigenvalue weighted by Gasteiger charge is 2.45. The average Bonchev–Trinajstić information content (AvgIpc) is 2.23. The predicted molar refractivity (Wildman–Crippen MR) is 71.5 cm³/mol. The third-order valence-electron chi connectivity index (χ3n) is 3.09. The SMILES string of the molecule is CC(C)(C)C(=O)OC1(c2ccccc2Cl)CNC1. The van der Waals surface area contributed by atoms with E-state index >= 15 is 0 Å². The number of benzene rings is 1. The minimum atomic E-state index is -0.608. The van der Waals surface area contributed by atoms with E-state index < -0.39 is 11.0 Å². The maximum atomic E-state index is 12.1. The molecule has 0 unspecified atom stereocenters. The highest BCUT2D eigenvalue weighted by atomic mass is 35.5. The zero-order valence-electron chi connectivity index (χ0n) is 10.9. The van der Waals surface area contributed by atoms with Crippen LogP contribution in [-0.2, 0) is 15.1 Å². The third-order valence-corrected chi connectivity index (χ3v) is 3.42. The lowest BCUT2D eigenvalue weighted by atomic mass is 9.87. The molecule has 0 amide bonds. The molecular formula is C14H18ClNO2. The Morgan fingerprint density at radius 3 is 2.39 bits per heavy atom. The monoisotopic (exact) mass is 267 g/mol. The Bertz CT molecular complexity index is 461. The smallest absolute Gasteiger partial charge is 0.312 e. The summed E-state index contributed by atoms with van der Waals surface area (Å²) in [6.45, 7) is 6.77. The summed E-state index contributed by atoms with van der Waals surface area (Å²) in [6, 6.07) is 7.52. The molecule has 18 heavy (non-hydrogen) atoms. The number of carbonyl (C=O) groups excluding carboxylic acids is 1. The molecule has 2 rings (SSSR count). The summed E-state index contributed by atoms with van der Waals surface area (Å²) in [5, 5.41) is 3.79. The van der Waals surface area contributed by atoms with Crippen LogP contribution >= 0.6 is 11.6 Å². The summed E-state index contributed by atoms with van der Waals surface area (Å²) in [6.07, 6.45) is 0. The Kier molecular flexibility index (Phi) is 3.39. The average molecular weight is 268 g/mol. The molecule has 0 aliphatic carbocycles. The molecule has 0 radical (unpaired) electrons. The number of halogens is 1. The molecule has 0 spiro atoms. The van der Waals surface area contributed by atoms with Crippen molar-refractivity contribution in [2.45, 2.75) is 26.4 Å². The zero-order chi connectivity index (χ0) is 13.4. The molecule has 1 heterocycles. The van der Waals surface area contributed by atoms with Crippen molar-refractivity contribution in [2.75, 3.05) is 13.1 Å². The topological polar surface area (TPSA) is 38.3 Å². The molecule has 3 nitrogen and oxygen atoms in total. The van der Waals surface area contributed by atoms with Crippen molar-refractivity contribution in [3.63, 3.8) is 0 Å². The van der Waals surface area contributed by atoms with Gasteiger partial charge in [-0.25, -0.2) is 0 Å². The standard InChI is InChI=1S/C14H18ClNO2/c1-13(2,3)12(17)18-14(8-16-9-14)10-6-4-5-7-11(10)15/h4-7,16H,8-9H2,1-3H3. The number of rotatable bonds is 2. The fourth-order valence-corrected chi connectivity index (χ4v) is 2.14. The molecule has 0 saturated carbocycles. The van der Waals surface area contributed by atoms with Crippen molar-refractivity contribution in [2.24, 2.45) is 5.41 Å². The summed E-state index contributed by atoms with van der Waals surface area (Å²) in [7, 11) is 0. The first-order chi connectivity index (χ1) is 8.35. The first-order valence-electron chi connectivity index (χ1n) is 6.04. The number of nitrogens with one attached hydrogen (secondary N) is 1. The van der Waals surface area contributed by atoms with Crippen molar-refractivity contribution in [1.29, 1.82) is 0 Å². The van der Waals surface area contributed by atoms with E-state index in [1.165, 1.54) is 0 Å². The second-order valence-electron chi connectivity index (χ2n) is 5.72. The normalized spacial score (nSPS) is 18.0. The molecule has 1 saturated heterocycles. The van der Waals surface area contributed by atoms with Crippen molar-refractivity contribution in [1.82, 2.24) is 5.32 Å². The first-order valence-corrected chi connectivity index (χ1v) is 6.42. The zero-order valence-corrected chi connectivity index (χ0v) is 11.7. The van der Waals surface area contributed by atoms with Gasteiger partial charge in [0.2, 0.25) is 0 Å². The maximum Gasteiger partial charge on any atom is 0.312 e. The van der Waals surface area contributed by atoms with Gasteiger partial charge in [0.05, 0.1) is 5.41 Å². The Hall–Kier alpha value is -1.06. The van der Waals surface area contributed by atoms with Gasteiger partial charge in [-0.1, -0.05) is 29.8 Å². The van der Waals surface area contributed by atoms with Gasteiger partial charge in [0.1, 0.15) is 0 Å². The first kappa shape index (κ1) is 13.4. The van der Waals surface area contributed by atoms with Crippen LogP contribution < -0.4 is 5.32 Å². The van der Waals surface area contributed by atoms with E-state index in [-0.39, 0.29) is 5.97 Å². The van der Waals surface area contributed by atoms with Crippen molar-refractivity contribution in [3.05, 3.63) is 34.9 Å². The predicted octanol–water partition coefficient (Wildman–Crippen LogP) is 2.73. The molecule has 1 fully saturated rings. The second-order valence-corrected chi connectivity index (χ2v) is 6.12. The van der Waals surface area contributed by atoms with Crippen LogP contribution in [0.25, 0.3) is 0 Å². The minimum Gasteiger partial charge on any atom is -0.451 e. The Labute approximate surface area is 112 Å². The van der Waals surface area contributed by atoms with E-state index in [1.54, 1.807) is 0 Å². The van der Waals surface area contributed by atoms with Crippen molar-refractivity contribution >= 4 is 17.6 Å². The van der Waals surface area contributed by atoms with Gasteiger partial charge in [-0.3, -0.25) is 4.79 Å². The highest BCUT2D eigenvalue weighted by Crippen LogP contribution is 2.36. The molecule has 98 valence electrons. The van der Waals surface area contributed by atoms with Gasteiger partial charge in [0.15, 0.2) is 5.60 Å². The molecule has 1 N–H and O–H groups in total. The van der Waals surface area contributed by atoms with Gasteiger partial charge in [0.25, 0.3) is 0 Å². The van der Waals surface area contributed by atoms with Crippen molar-refractivity contribution in [3.8, 4) is 0 Å². The quantitative estimate of drug-likeness (QED) is 0.838. The molecule has 0 atom stereocenters. The number of hydrogen-bond acceptors (Lipinski definition) is 3. The van der Waals surface area contributed by atoms with Gasteiger partial charge < -0.3 is 10.1 Å². The molecule has 1 aliphatic rings. The lowest BCUT2D eigenvalue weighted by molar-refractivity contribution is -0.177. The summed E-state index contributed by atoms with van der Waals surface area (Å²) in [5.74, 6) is -0.205. The second kappa shape index (κ2) is 4.56. The van der Waals surface area contributed by atoms with E-state index in [0.717, 1.165) is 5.56 Å². The van der Waals surface area contributed by atoms with Crippen LogP contribution in [0, 0.1) is 5.41 Å². The van der Waals surface area contributed by atoms with Gasteiger partial charge in [-0.2, -0.15) is 0 Å². The lowest BCUT2D eigenvalue weighted by Crippen LogP contribution is -2.60. The van der Waals surface area contributed by atoms with Gasteiger partial charge in [-0.15, -0.1) is 0 Å². The van der Waals surface area contributed by atoms with E-state index in [1.807, 2.05) is 45.0 Å². The molecule has 1 aromatic carbocycles. The van der Waals surface area contributed by atoms with Crippen LogP contribution in [0.1, 0.15) is 26.3 Å². The molecule has 0 bridgehead atoms. The Balaban J connectivity index is 2.28. The van der Waals surface area contributed by atoms with Crippen LogP contribution in [0.15, 0.2) is 24.3 Å². The summed E-state index contributed by atoms with van der Waals surface area (Å²) in [5.41, 5.74) is -0.241. The Morgan fingerprint density at radius 2 is 1.94 bits per heavy atom. The van der Waals surface area contributed by atoms with Crippen LogP contribution in [-0.4, -0.2) is 19.1 Å². The fourth-order valence-electron chi connectivity index (χ4n) is 1.83. The largest absolute Gasteiger partial charge is 0.451 e. The van der Waals surface area contributed by atoms with E-state index in [4.69, 9.17) is 16.3 Å². The van der Waals surface area contributed by atoms with E-state index in [9.17, 15) is 4.79 Å². The van der Waals surface area contributed by atoms with Gasteiger partial charge >= 0.3 is 5.97 Å². The van der Waals surface area contributed by atoms with Crippen LogP contribution in [0.3, 0.4) is 0 Å². The fraction of sp³-hybridized carbons (Fsp3) is 0.500.